The number of hydrogen-bond acceptors (Lipinski definition) is 4. The van der Waals surface area contributed by atoms with Crippen molar-refractivity contribution in [2.75, 3.05) is 6.61 Å². The lowest BCUT2D eigenvalue weighted by atomic mass is 10.0. The first-order chi connectivity index (χ1) is 13.5. The van der Waals surface area contributed by atoms with Crippen molar-refractivity contribution in [3.05, 3.63) is 93.4 Å². The molecule has 0 aliphatic heterocycles. The maximum Gasteiger partial charge on any atom is 0.336 e. The lowest BCUT2D eigenvalue weighted by Gasteiger charge is -2.11. The van der Waals surface area contributed by atoms with Crippen molar-refractivity contribution in [1.29, 1.82) is 0 Å². The third-order valence-electron chi connectivity index (χ3n) is 4.28. The first-order valence-corrected chi connectivity index (χ1v) is 9.07. The van der Waals surface area contributed by atoms with Gasteiger partial charge in [-0.2, -0.15) is 0 Å². The monoisotopic (exact) mass is 374 g/mol. The van der Waals surface area contributed by atoms with Crippen molar-refractivity contribution >= 4 is 22.8 Å². The van der Waals surface area contributed by atoms with Crippen LogP contribution in [-0.2, 0) is 0 Å². The molecular weight excluding hydrogens is 352 g/mol. The molecule has 0 atom stereocenters. The fourth-order valence-corrected chi connectivity index (χ4v) is 2.84. The molecular formula is C24H22O4. The molecule has 3 aromatic rings. The highest BCUT2D eigenvalue weighted by Gasteiger charge is 2.18. The Morgan fingerprint density at radius 3 is 2.57 bits per heavy atom. The zero-order chi connectivity index (χ0) is 20.1. The van der Waals surface area contributed by atoms with Gasteiger partial charge >= 0.3 is 5.63 Å². The molecule has 1 aromatic heterocycles. The highest BCUT2D eigenvalue weighted by molar-refractivity contribution is 6.15. The van der Waals surface area contributed by atoms with Gasteiger partial charge in [0.15, 0.2) is 11.4 Å². The molecule has 4 nitrogen and oxygen atoms in total. The van der Waals surface area contributed by atoms with Crippen LogP contribution in [0.2, 0.25) is 0 Å². The van der Waals surface area contributed by atoms with E-state index in [1.807, 2.05) is 63.2 Å². The van der Waals surface area contributed by atoms with E-state index in [0.29, 0.717) is 17.7 Å². The average Bonchev–Trinajstić information content (AvgIpc) is 2.66. The lowest BCUT2D eigenvalue weighted by molar-refractivity contribution is 0.104. The Balaban J connectivity index is 2.10. The van der Waals surface area contributed by atoms with Crippen molar-refractivity contribution in [3.63, 3.8) is 0 Å². The standard InChI is InChI=1S/C24H22O4/c1-16(2)13-14-27-21-12-10-19-17(3)15-22(26)28-24(19)23(21)20(25)11-9-18-7-5-4-6-8-18/h4-13,15H,14H2,1-3H3/b11-9+. The van der Waals surface area contributed by atoms with E-state index in [0.717, 1.165) is 16.7 Å². The van der Waals surface area contributed by atoms with E-state index in [1.54, 1.807) is 12.1 Å². The van der Waals surface area contributed by atoms with Crippen LogP contribution >= 0.6 is 0 Å². The van der Waals surface area contributed by atoms with E-state index >= 15 is 0 Å². The first kappa shape index (κ1) is 19.4. The van der Waals surface area contributed by atoms with Gasteiger partial charge in [0.2, 0.25) is 0 Å². The van der Waals surface area contributed by atoms with Gasteiger partial charge < -0.3 is 9.15 Å². The van der Waals surface area contributed by atoms with E-state index in [2.05, 4.69) is 0 Å². The molecule has 0 amide bonds. The summed E-state index contributed by atoms with van der Waals surface area (Å²) in [6.07, 6.45) is 5.12. The molecule has 0 N–H and O–H groups in total. The zero-order valence-corrected chi connectivity index (χ0v) is 16.2. The Bertz CT molecular complexity index is 1110. The zero-order valence-electron chi connectivity index (χ0n) is 16.2. The summed E-state index contributed by atoms with van der Waals surface area (Å²) >= 11 is 0. The topological polar surface area (TPSA) is 56.5 Å². The van der Waals surface area contributed by atoms with Crippen LogP contribution in [0.25, 0.3) is 17.0 Å². The minimum atomic E-state index is -0.493. The number of rotatable bonds is 6. The van der Waals surface area contributed by atoms with E-state index in [1.165, 1.54) is 12.1 Å². The molecule has 4 heteroatoms. The highest BCUT2D eigenvalue weighted by Crippen LogP contribution is 2.30. The second-order valence-electron chi connectivity index (χ2n) is 6.76. The van der Waals surface area contributed by atoms with Crippen LogP contribution in [-0.4, -0.2) is 12.4 Å². The molecule has 1 heterocycles. The number of allylic oxidation sites excluding steroid dienone is 2. The SMILES string of the molecule is CC(C)=CCOc1ccc2c(C)cc(=O)oc2c1C(=O)/C=C/c1ccccc1. The van der Waals surface area contributed by atoms with Crippen LogP contribution in [0.3, 0.4) is 0 Å². The highest BCUT2D eigenvalue weighted by atomic mass is 16.5. The van der Waals surface area contributed by atoms with Gasteiger partial charge in [-0.3, -0.25) is 4.79 Å². The smallest absolute Gasteiger partial charge is 0.336 e. The summed E-state index contributed by atoms with van der Waals surface area (Å²) in [6, 6.07) is 14.5. The molecule has 3 rings (SSSR count). The van der Waals surface area contributed by atoms with Gasteiger partial charge in [-0.15, -0.1) is 0 Å². The Hall–Kier alpha value is -3.40. The maximum atomic E-state index is 13.0. The molecule has 0 aliphatic carbocycles. The van der Waals surface area contributed by atoms with Crippen LogP contribution in [0.5, 0.6) is 5.75 Å². The van der Waals surface area contributed by atoms with Crippen molar-refractivity contribution in [3.8, 4) is 5.75 Å². The van der Waals surface area contributed by atoms with Crippen molar-refractivity contribution < 1.29 is 13.9 Å². The predicted octanol–water partition coefficient (Wildman–Crippen LogP) is 5.34. The van der Waals surface area contributed by atoms with E-state index in [-0.39, 0.29) is 16.9 Å². The number of hydrogen-bond donors (Lipinski definition) is 0. The molecule has 0 bridgehead atoms. The fraction of sp³-hybridized carbons (Fsp3) is 0.167. The Kier molecular flexibility index (Phi) is 5.90. The van der Waals surface area contributed by atoms with Crippen LogP contribution < -0.4 is 10.4 Å². The summed E-state index contributed by atoms with van der Waals surface area (Å²) in [5.41, 5.74) is 2.78. The summed E-state index contributed by atoms with van der Waals surface area (Å²) in [5.74, 6) is 0.108. The Labute approximate surface area is 163 Å². The van der Waals surface area contributed by atoms with E-state index in [9.17, 15) is 9.59 Å². The van der Waals surface area contributed by atoms with E-state index < -0.39 is 5.63 Å². The fourth-order valence-electron chi connectivity index (χ4n) is 2.84. The van der Waals surface area contributed by atoms with Gasteiger partial charge in [0.05, 0.1) is 0 Å². The van der Waals surface area contributed by atoms with Crippen molar-refractivity contribution in [2.45, 2.75) is 20.8 Å². The molecule has 0 radical (unpaired) electrons. The molecule has 0 aliphatic rings. The van der Waals surface area contributed by atoms with Crippen LogP contribution in [0.1, 0.15) is 35.3 Å². The quantitative estimate of drug-likeness (QED) is 0.253. The maximum absolute atomic E-state index is 13.0. The molecule has 28 heavy (non-hydrogen) atoms. The second-order valence-corrected chi connectivity index (χ2v) is 6.76. The summed E-state index contributed by atoms with van der Waals surface area (Å²) in [4.78, 5) is 25.0. The Morgan fingerprint density at radius 2 is 1.86 bits per heavy atom. The number of carbonyl (C=O) groups is 1. The van der Waals surface area contributed by atoms with Crippen LogP contribution in [0, 0.1) is 6.92 Å². The third kappa shape index (κ3) is 4.46. The lowest BCUT2D eigenvalue weighted by Crippen LogP contribution is -2.07. The van der Waals surface area contributed by atoms with Crippen LogP contribution in [0.15, 0.2) is 75.5 Å². The number of benzene rings is 2. The van der Waals surface area contributed by atoms with E-state index in [4.69, 9.17) is 9.15 Å². The largest absolute Gasteiger partial charge is 0.489 e. The minimum absolute atomic E-state index is 0.252. The van der Waals surface area contributed by atoms with Gasteiger partial charge in [0, 0.05) is 11.5 Å². The Morgan fingerprint density at radius 1 is 1.11 bits per heavy atom. The minimum Gasteiger partial charge on any atom is -0.489 e. The molecule has 142 valence electrons. The molecule has 0 fully saturated rings. The molecule has 0 saturated carbocycles. The summed E-state index contributed by atoms with van der Waals surface area (Å²) in [7, 11) is 0. The molecule has 2 aromatic carbocycles. The number of ketones is 1. The van der Waals surface area contributed by atoms with Gasteiger partial charge in [0.1, 0.15) is 17.9 Å². The summed E-state index contributed by atoms with van der Waals surface area (Å²) < 4.78 is 11.2. The second kappa shape index (κ2) is 8.53. The predicted molar refractivity (Wildman–Crippen MR) is 112 cm³/mol. The molecule has 0 spiro atoms. The van der Waals surface area contributed by atoms with Gasteiger partial charge in [0.25, 0.3) is 0 Å². The number of fused-ring (bicyclic) bond motifs is 1. The van der Waals surface area contributed by atoms with Gasteiger partial charge in [-0.1, -0.05) is 42.0 Å². The van der Waals surface area contributed by atoms with Gasteiger partial charge in [-0.25, -0.2) is 4.79 Å². The number of carbonyl (C=O) groups excluding carboxylic acids is 1. The number of ether oxygens (including phenoxy) is 1. The van der Waals surface area contributed by atoms with Crippen LogP contribution in [0.4, 0.5) is 0 Å². The summed E-state index contributed by atoms with van der Waals surface area (Å²) in [6.45, 7) is 6.09. The van der Waals surface area contributed by atoms with Crippen molar-refractivity contribution in [1.82, 2.24) is 0 Å². The van der Waals surface area contributed by atoms with Gasteiger partial charge in [-0.05, 0) is 56.2 Å². The molecule has 0 saturated heterocycles. The summed E-state index contributed by atoms with van der Waals surface area (Å²) in [5, 5.41) is 0.714. The number of aryl methyl sites for hydroxylation is 1. The normalized spacial score (nSPS) is 11.0. The first-order valence-electron chi connectivity index (χ1n) is 9.07. The third-order valence-corrected chi connectivity index (χ3v) is 4.28. The molecule has 0 unspecified atom stereocenters. The average molecular weight is 374 g/mol. The van der Waals surface area contributed by atoms with Crippen molar-refractivity contribution in [2.24, 2.45) is 0 Å².